The molecule has 0 N–H and O–H groups in total. The van der Waals surface area contributed by atoms with E-state index in [1.54, 1.807) is 0 Å². The monoisotopic (exact) mass is 175 g/mol. The second-order valence-corrected chi connectivity index (χ2v) is 3.80. The number of hydrogen-bond acceptors (Lipinski definition) is 2. The molecule has 1 aromatic carbocycles. The Bertz CT molecular complexity index is 298. The molecule has 13 heavy (non-hydrogen) atoms. The van der Waals surface area contributed by atoms with Crippen molar-refractivity contribution in [1.82, 2.24) is 0 Å². The van der Waals surface area contributed by atoms with Crippen LogP contribution in [0.3, 0.4) is 0 Å². The second kappa shape index (κ2) is 2.74. The molecule has 2 heteroatoms. The van der Waals surface area contributed by atoms with Gasteiger partial charge in [0.25, 0.3) is 0 Å². The predicted octanol–water partition coefficient (Wildman–Crippen LogP) is 1.87. The van der Waals surface area contributed by atoms with Crippen molar-refractivity contribution in [2.75, 3.05) is 18.1 Å². The smallest absolute Gasteiger partial charge is 0.134 e. The Kier molecular flexibility index (Phi) is 1.56. The van der Waals surface area contributed by atoms with Gasteiger partial charge in [-0.15, -0.1) is 0 Å². The number of rotatable bonds is 1. The van der Waals surface area contributed by atoms with Gasteiger partial charge in [-0.1, -0.05) is 18.2 Å². The van der Waals surface area contributed by atoms with Crippen LogP contribution in [-0.2, 0) is 4.74 Å². The zero-order chi connectivity index (χ0) is 8.67. The summed E-state index contributed by atoms with van der Waals surface area (Å²) in [7, 11) is 0. The van der Waals surface area contributed by atoms with Gasteiger partial charge in [0, 0.05) is 24.8 Å². The molecule has 3 rings (SSSR count). The zero-order valence-corrected chi connectivity index (χ0v) is 7.52. The van der Waals surface area contributed by atoms with E-state index >= 15 is 0 Å². The van der Waals surface area contributed by atoms with Crippen molar-refractivity contribution in [3.05, 3.63) is 30.3 Å². The Morgan fingerprint density at radius 3 is 2.85 bits per heavy atom. The number of ether oxygens (including phenoxy) is 1. The Hall–Kier alpha value is -1.02. The molecule has 1 aromatic rings. The molecule has 2 nitrogen and oxygen atoms in total. The first kappa shape index (κ1) is 7.39. The molecule has 2 unspecified atom stereocenters. The van der Waals surface area contributed by atoms with Gasteiger partial charge in [0.2, 0.25) is 0 Å². The number of nitrogens with zero attached hydrogens (tertiary/aromatic N) is 1. The van der Waals surface area contributed by atoms with Crippen LogP contribution in [0.25, 0.3) is 0 Å². The largest absolute Gasteiger partial charge is 0.358 e. The molecule has 0 radical (unpaired) electrons. The molecule has 2 aliphatic heterocycles. The maximum atomic E-state index is 5.64. The number of fused-ring (bicyclic) bond motifs is 1. The molecule has 0 saturated carbocycles. The quantitative estimate of drug-likeness (QED) is 0.646. The lowest BCUT2D eigenvalue weighted by Gasteiger charge is -2.44. The summed E-state index contributed by atoms with van der Waals surface area (Å²) in [6.07, 6.45) is 1.62. The molecule has 2 saturated heterocycles. The molecular weight excluding hydrogens is 162 g/mol. The first-order valence-electron chi connectivity index (χ1n) is 4.88. The topological polar surface area (TPSA) is 12.5 Å². The average Bonchev–Trinajstić information content (AvgIpc) is 2.50. The van der Waals surface area contributed by atoms with Crippen LogP contribution >= 0.6 is 0 Å². The number of para-hydroxylation sites is 1. The Labute approximate surface area is 78.1 Å². The Balaban J connectivity index is 1.81. The Morgan fingerprint density at radius 2 is 2.08 bits per heavy atom. The second-order valence-electron chi connectivity index (χ2n) is 3.80. The fourth-order valence-corrected chi connectivity index (χ4v) is 2.24. The van der Waals surface area contributed by atoms with Crippen molar-refractivity contribution < 1.29 is 4.74 Å². The van der Waals surface area contributed by atoms with Gasteiger partial charge in [0.15, 0.2) is 0 Å². The first-order chi connectivity index (χ1) is 6.45. The van der Waals surface area contributed by atoms with Crippen LogP contribution < -0.4 is 4.90 Å². The van der Waals surface area contributed by atoms with Gasteiger partial charge in [-0.25, -0.2) is 0 Å². The summed E-state index contributed by atoms with van der Waals surface area (Å²) < 4.78 is 5.64. The van der Waals surface area contributed by atoms with Gasteiger partial charge in [-0.3, -0.25) is 0 Å². The normalized spacial score (nSPS) is 31.2. The maximum absolute atomic E-state index is 5.64. The summed E-state index contributed by atoms with van der Waals surface area (Å²) in [5.41, 5.74) is 1.30. The maximum Gasteiger partial charge on any atom is 0.134 e. The first-order valence-corrected chi connectivity index (χ1v) is 4.88. The Morgan fingerprint density at radius 1 is 1.23 bits per heavy atom. The number of anilines is 1. The zero-order valence-electron chi connectivity index (χ0n) is 7.52. The predicted molar refractivity (Wildman–Crippen MR) is 51.6 cm³/mol. The third-order valence-electron chi connectivity index (χ3n) is 3.01. The summed E-state index contributed by atoms with van der Waals surface area (Å²) in [6, 6.07) is 10.5. The molecule has 2 fully saturated rings. The van der Waals surface area contributed by atoms with E-state index in [1.165, 1.54) is 18.7 Å². The average molecular weight is 175 g/mol. The third kappa shape index (κ3) is 1.05. The van der Waals surface area contributed by atoms with Gasteiger partial charge in [0.05, 0.1) is 0 Å². The molecule has 2 aliphatic rings. The van der Waals surface area contributed by atoms with Gasteiger partial charge < -0.3 is 9.64 Å². The summed E-state index contributed by atoms with van der Waals surface area (Å²) in [6.45, 7) is 2.12. The summed E-state index contributed by atoms with van der Waals surface area (Å²) >= 11 is 0. The van der Waals surface area contributed by atoms with Crippen molar-refractivity contribution >= 4 is 5.69 Å². The van der Waals surface area contributed by atoms with Crippen LogP contribution in [0.4, 0.5) is 5.69 Å². The van der Waals surface area contributed by atoms with E-state index in [4.69, 9.17) is 4.74 Å². The molecule has 0 spiro atoms. The van der Waals surface area contributed by atoms with Crippen LogP contribution in [0.5, 0.6) is 0 Å². The standard InChI is InChI=1S/C11H13NO/c1-2-4-10(5-3-1)12-8-9-6-7-13-11(9)12/h1-5,9,11H,6-8H2. The van der Waals surface area contributed by atoms with Crippen LogP contribution in [0, 0.1) is 5.92 Å². The molecular formula is C11H13NO. The summed E-state index contributed by atoms with van der Waals surface area (Å²) in [4.78, 5) is 2.34. The summed E-state index contributed by atoms with van der Waals surface area (Å²) in [5.74, 6) is 0.792. The van der Waals surface area contributed by atoms with Crippen molar-refractivity contribution in [2.45, 2.75) is 12.6 Å². The van der Waals surface area contributed by atoms with Gasteiger partial charge in [-0.2, -0.15) is 0 Å². The van der Waals surface area contributed by atoms with Crippen molar-refractivity contribution in [1.29, 1.82) is 0 Å². The van der Waals surface area contributed by atoms with E-state index in [0.717, 1.165) is 12.5 Å². The molecule has 2 heterocycles. The lowest BCUT2D eigenvalue weighted by Crippen LogP contribution is -2.54. The minimum absolute atomic E-state index is 0.377. The van der Waals surface area contributed by atoms with Crippen LogP contribution in [0.1, 0.15) is 6.42 Å². The van der Waals surface area contributed by atoms with Crippen molar-refractivity contribution in [2.24, 2.45) is 5.92 Å². The van der Waals surface area contributed by atoms with E-state index in [1.807, 2.05) is 0 Å². The van der Waals surface area contributed by atoms with Gasteiger partial charge in [-0.05, 0) is 18.6 Å². The highest BCUT2D eigenvalue weighted by molar-refractivity contribution is 5.49. The fourth-order valence-electron chi connectivity index (χ4n) is 2.24. The highest BCUT2D eigenvalue weighted by Gasteiger charge is 2.43. The highest BCUT2D eigenvalue weighted by atomic mass is 16.5. The molecule has 68 valence electrons. The van der Waals surface area contributed by atoms with E-state index in [-0.39, 0.29) is 0 Å². The highest BCUT2D eigenvalue weighted by Crippen LogP contribution is 2.37. The third-order valence-corrected chi connectivity index (χ3v) is 3.01. The van der Waals surface area contributed by atoms with Crippen LogP contribution in [0.15, 0.2) is 30.3 Å². The van der Waals surface area contributed by atoms with Crippen LogP contribution in [0.2, 0.25) is 0 Å². The minimum atomic E-state index is 0.377. The van der Waals surface area contributed by atoms with Crippen molar-refractivity contribution in [3.8, 4) is 0 Å². The van der Waals surface area contributed by atoms with E-state index in [9.17, 15) is 0 Å². The molecule has 0 bridgehead atoms. The lowest BCUT2D eigenvalue weighted by molar-refractivity contribution is 0.0500. The van der Waals surface area contributed by atoms with E-state index in [0.29, 0.717) is 6.23 Å². The molecule has 0 amide bonds. The van der Waals surface area contributed by atoms with Crippen molar-refractivity contribution in [3.63, 3.8) is 0 Å². The number of benzene rings is 1. The number of hydrogen-bond donors (Lipinski definition) is 0. The van der Waals surface area contributed by atoms with Crippen LogP contribution in [-0.4, -0.2) is 19.4 Å². The molecule has 0 aliphatic carbocycles. The minimum Gasteiger partial charge on any atom is -0.358 e. The van der Waals surface area contributed by atoms with E-state index < -0.39 is 0 Å². The molecule has 0 aromatic heterocycles. The lowest BCUT2D eigenvalue weighted by atomic mass is 9.95. The van der Waals surface area contributed by atoms with E-state index in [2.05, 4.69) is 35.2 Å². The fraction of sp³-hybridized carbons (Fsp3) is 0.455. The summed E-state index contributed by atoms with van der Waals surface area (Å²) in [5, 5.41) is 0. The van der Waals surface area contributed by atoms with Gasteiger partial charge >= 0.3 is 0 Å². The SMILES string of the molecule is c1ccc(N2CC3CCOC32)cc1. The van der Waals surface area contributed by atoms with Gasteiger partial charge in [0.1, 0.15) is 6.23 Å². The molecule has 2 atom stereocenters.